The Kier molecular flexibility index (Phi) is 3.62. The first-order valence-electron chi connectivity index (χ1n) is 5.37. The fourth-order valence-corrected chi connectivity index (χ4v) is 2.45. The number of ether oxygens (including phenoxy) is 1. The third kappa shape index (κ3) is 2.36. The average Bonchev–Trinajstić information content (AvgIpc) is 2.73. The smallest absolute Gasteiger partial charge is 0.342 e. The van der Waals surface area contributed by atoms with Gasteiger partial charge in [-0.25, -0.2) is 9.18 Å². The summed E-state index contributed by atoms with van der Waals surface area (Å²) in [6.45, 7) is 1.95. The van der Waals surface area contributed by atoms with Gasteiger partial charge in [-0.05, 0) is 24.6 Å². The standard InChI is InChI=1S/C13H11FO3S/c1-2-17-13(16)10-7-18-12(11(10)15)8-3-5-9(14)6-4-8/h3-7,15H,2H2,1H3. The molecule has 2 aromatic rings. The molecule has 0 saturated heterocycles. The lowest BCUT2D eigenvalue weighted by Crippen LogP contribution is -2.03. The number of hydrogen-bond donors (Lipinski definition) is 1. The van der Waals surface area contributed by atoms with Crippen LogP contribution in [-0.2, 0) is 4.74 Å². The molecule has 0 atom stereocenters. The van der Waals surface area contributed by atoms with E-state index in [-0.39, 0.29) is 23.7 Å². The van der Waals surface area contributed by atoms with Crippen molar-refractivity contribution >= 4 is 17.3 Å². The molecule has 3 nitrogen and oxygen atoms in total. The minimum atomic E-state index is -0.556. The molecule has 1 N–H and O–H groups in total. The zero-order valence-electron chi connectivity index (χ0n) is 9.64. The minimum Gasteiger partial charge on any atom is -0.506 e. The van der Waals surface area contributed by atoms with Crippen molar-refractivity contribution < 1.29 is 19.0 Å². The summed E-state index contributed by atoms with van der Waals surface area (Å²) in [5.74, 6) is -1.02. The molecule has 5 heteroatoms. The highest BCUT2D eigenvalue weighted by atomic mass is 32.1. The predicted octanol–water partition coefficient (Wildman–Crippen LogP) is 3.44. The number of carbonyl (C=O) groups is 1. The maximum atomic E-state index is 12.8. The van der Waals surface area contributed by atoms with Gasteiger partial charge in [-0.15, -0.1) is 11.3 Å². The summed E-state index contributed by atoms with van der Waals surface area (Å²) in [4.78, 5) is 12.1. The number of esters is 1. The topological polar surface area (TPSA) is 46.5 Å². The van der Waals surface area contributed by atoms with E-state index in [1.54, 1.807) is 19.1 Å². The molecule has 94 valence electrons. The third-order valence-electron chi connectivity index (χ3n) is 2.37. The highest BCUT2D eigenvalue weighted by molar-refractivity contribution is 7.14. The van der Waals surface area contributed by atoms with Crippen molar-refractivity contribution in [2.75, 3.05) is 6.61 Å². The second-order valence-corrected chi connectivity index (χ2v) is 4.43. The summed E-state index contributed by atoms with van der Waals surface area (Å²) in [7, 11) is 0. The molecule has 2 rings (SSSR count). The molecular formula is C13H11FO3S. The molecule has 0 unspecified atom stereocenters. The van der Waals surface area contributed by atoms with Crippen LogP contribution in [0.3, 0.4) is 0 Å². The number of rotatable bonds is 3. The van der Waals surface area contributed by atoms with E-state index < -0.39 is 5.97 Å². The van der Waals surface area contributed by atoms with Crippen LogP contribution in [0.5, 0.6) is 5.75 Å². The van der Waals surface area contributed by atoms with Gasteiger partial charge < -0.3 is 9.84 Å². The van der Waals surface area contributed by atoms with E-state index in [1.807, 2.05) is 0 Å². The van der Waals surface area contributed by atoms with E-state index >= 15 is 0 Å². The molecule has 0 bridgehead atoms. The molecule has 0 radical (unpaired) electrons. The van der Waals surface area contributed by atoms with Gasteiger partial charge in [0.25, 0.3) is 0 Å². The van der Waals surface area contributed by atoms with Crippen LogP contribution in [0.25, 0.3) is 10.4 Å². The molecule has 18 heavy (non-hydrogen) atoms. The largest absolute Gasteiger partial charge is 0.506 e. The number of carbonyl (C=O) groups excluding carboxylic acids is 1. The first kappa shape index (κ1) is 12.6. The number of benzene rings is 1. The van der Waals surface area contributed by atoms with Crippen LogP contribution in [0.2, 0.25) is 0 Å². The summed E-state index contributed by atoms with van der Waals surface area (Å²) in [5, 5.41) is 11.5. The molecule has 1 aromatic carbocycles. The Bertz CT molecular complexity index is 560. The lowest BCUT2D eigenvalue weighted by molar-refractivity contribution is 0.0524. The van der Waals surface area contributed by atoms with Crippen LogP contribution in [0.15, 0.2) is 29.6 Å². The minimum absolute atomic E-state index is 0.120. The van der Waals surface area contributed by atoms with Crippen LogP contribution in [0, 0.1) is 5.82 Å². The van der Waals surface area contributed by atoms with Crippen molar-refractivity contribution in [1.82, 2.24) is 0 Å². The Balaban J connectivity index is 2.36. The lowest BCUT2D eigenvalue weighted by Gasteiger charge is -2.01. The summed E-state index contributed by atoms with van der Waals surface area (Å²) in [6.07, 6.45) is 0. The average molecular weight is 266 g/mol. The molecule has 0 aliphatic carbocycles. The van der Waals surface area contributed by atoms with E-state index in [1.165, 1.54) is 28.8 Å². The fourth-order valence-electron chi connectivity index (χ4n) is 1.51. The first-order chi connectivity index (χ1) is 8.63. The molecule has 0 aliphatic heterocycles. The zero-order chi connectivity index (χ0) is 13.1. The second kappa shape index (κ2) is 5.18. The predicted molar refractivity (Wildman–Crippen MR) is 67.3 cm³/mol. The van der Waals surface area contributed by atoms with Crippen LogP contribution in [0.1, 0.15) is 17.3 Å². The van der Waals surface area contributed by atoms with Gasteiger partial charge in [0.2, 0.25) is 0 Å². The quantitative estimate of drug-likeness (QED) is 0.866. The monoisotopic (exact) mass is 266 g/mol. The maximum absolute atomic E-state index is 12.8. The van der Waals surface area contributed by atoms with Gasteiger partial charge in [-0.1, -0.05) is 12.1 Å². The van der Waals surface area contributed by atoms with E-state index in [0.29, 0.717) is 10.4 Å². The highest BCUT2D eigenvalue weighted by Gasteiger charge is 2.19. The van der Waals surface area contributed by atoms with Gasteiger partial charge in [0.05, 0.1) is 11.5 Å². The van der Waals surface area contributed by atoms with E-state index in [9.17, 15) is 14.3 Å². The summed E-state index contributed by atoms with van der Waals surface area (Å²) in [6, 6.07) is 5.71. The second-order valence-electron chi connectivity index (χ2n) is 3.55. The number of aromatic hydroxyl groups is 1. The molecular weight excluding hydrogens is 255 g/mol. The van der Waals surface area contributed by atoms with Crippen LogP contribution in [0.4, 0.5) is 4.39 Å². The van der Waals surface area contributed by atoms with Crippen LogP contribution in [-0.4, -0.2) is 17.7 Å². The van der Waals surface area contributed by atoms with Gasteiger partial charge in [0.15, 0.2) is 0 Å². The number of halogens is 1. The van der Waals surface area contributed by atoms with Crippen LogP contribution >= 0.6 is 11.3 Å². The number of thiophene rings is 1. The van der Waals surface area contributed by atoms with Crippen LogP contribution < -0.4 is 0 Å². The van der Waals surface area contributed by atoms with E-state index in [2.05, 4.69) is 0 Å². The van der Waals surface area contributed by atoms with Crippen molar-refractivity contribution in [3.05, 3.63) is 41.0 Å². The first-order valence-corrected chi connectivity index (χ1v) is 6.25. The lowest BCUT2D eigenvalue weighted by atomic mass is 10.1. The maximum Gasteiger partial charge on any atom is 0.342 e. The Morgan fingerprint density at radius 3 is 2.67 bits per heavy atom. The molecule has 1 aromatic heterocycles. The van der Waals surface area contributed by atoms with Crippen molar-refractivity contribution in [2.45, 2.75) is 6.92 Å². The van der Waals surface area contributed by atoms with Crippen molar-refractivity contribution in [1.29, 1.82) is 0 Å². The van der Waals surface area contributed by atoms with Crippen molar-refractivity contribution in [2.24, 2.45) is 0 Å². The molecule has 1 heterocycles. The highest BCUT2D eigenvalue weighted by Crippen LogP contribution is 2.38. The summed E-state index contributed by atoms with van der Waals surface area (Å²) < 4.78 is 17.6. The van der Waals surface area contributed by atoms with Crippen molar-refractivity contribution in [3.8, 4) is 16.2 Å². The zero-order valence-corrected chi connectivity index (χ0v) is 10.5. The van der Waals surface area contributed by atoms with E-state index in [0.717, 1.165) is 0 Å². The summed E-state index contributed by atoms with van der Waals surface area (Å²) >= 11 is 1.22. The SMILES string of the molecule is CCOC(=O)c1csc(-c2ccc(F)cc2)c1O. The Morgan fingerprint density at radius 2 is 2.06 bits per heavy atom. The third-order valence-corrected chi connectivity index (χ3v) is 3.38. The Morgan fingerprint density at radius 1 is 1.39 bits per heavy atom. The Labute approximate surface area is 107 Å². The molecule has 0 aliphatic rings. The van der Waals surface area contributed by atoms with Gasteiger partial charge in [-0.2, -0.15) is 0 Å². The fraction of sp³-hybridized carbons (Fsp3) is 0.154. The van der Waals surface area contributed by atoms with Gasteiger partial charge in [0.1, 0.15) is 17.1 Å². The normalized spacial score (nSPS) is 10.3. The number of hydrogen-bond acceptors (Lipinski definition) is 4. The van der Waals surface area contributed by atoms with E-state index in [4.69, 9.17) is 4.74 Å². The van der Waals surface area contributed by atoms with Gasteiger partial charge in [0, 0.05) is 5.38 Å². The van der Waals surface area contributed by atoms with Gasteiger partial charge >= 0.3 is 5.97 Å². The van der Waals surface area contributed by atoms with Crippen molar-refractivity contribution in [3.63, 3.8) is 0 Å². The van der Waals surface area contributed by atoms with Gasteiger partial charge in [-0.3, -0.25) is 0 Å². The summed E-state index contributed by atoms with van der Waals surface area (Å²) in [5.41, 5.74) is 0.802. The molecule has 0 amide bonds. The molecule has 0 saturated carbocycles. The molecule has 0 fully saturated rings. The molecule has 0 spiro atoms. The Hall–Kier alpha value is -1.88.